The van der Waals surface area contributed by atoms with E-state index >= 15 is 0 Å². The predicted octanol–water partition coefficient (Wildman–Crippen LogP) is -2.39. The number of carboxylic acid groups (broad SMARTS) is 1. The summed E-state index contributed by atoms with van der Waals surface area (Å²) in [5.74, 6) is -1.24. The van der Waals surface area contributed by atoms with E-state index in [9.17, 15) is 9.90 Å². The minimum absolute atomic E-state index is 0. The maximum atomic E-state index is 10.6. The smallest absolute Gasteiger partial charge is 0.543 e. The molecule has 0 bridgehead atoms. The first-order chi connectivity index (χ1) is 7.66. The number of nitrogens with zero attached hydrogens (tertiary/aromatic N) is 2. The molecular formula is C12H11LiN2O2. The summed E-state index contributed by atoms with van der Waals surface area (Å²) in [7, 11) is 0. The molecule has 0 radical (unpaired) electrons. The van der Waals surface area contributed by atoms with Crippen molar-refractivity contribution in [2.45, 2.75) is 13.5 Å². The van der Waals surface area contributed by atoms with Crippen LogP contribution in [0.25, 0.3) is 0 Å². The van der Waals surface area contributed by atoms with E-state index in [2.05, 4.69) is 5.10 Å². The summed E-state index contributed by atoms with van der Waals surface area (Å²) in [6, 6.07) is 11.3. The van der Waals surface area contributed by atoms with Gasteiger partial charge in [-0.3, -0.25) is 4.68 Å². The molecule has 0 saturated heterocycles. The van der Waals surface area contributed by atoms with Crippen LogP contribution in [0.15, 0.2) is 36.4 Å². The van der Waals surface area contributed by atoms with Crippen LogP contribution in [0.1, 0.15) is 21.7 Å². The van der Waals surface area contributed by atoms with E-state index in [1.54, 1.807) is 4.68 Å². The van der Waals surface area contributed by atoms with Crippen LogP contribution in [0.5, 0.6) is 0 Å². The van der Waals surface area contributed by atoms with E-state index in [0.717, 1.165) is 11.3 Å². The molecule has 1 heterocycles. The third kappa shape index (κ3) is 3.22. The third-order valence-corrected chi connectivity index (χ3v) is 2.37. The molecule has 17 heavy (non-hydrogen) atoms. The summed E-state index contributed by atoms with van der Waals surface area (Å²) in [4.78, 5) is 10.6. The van der Waals surface area contributed by atoms with Gasteiger partial charge < -0.3 is 9.90 Å². The number of benzene rings is 1. The number of carbonyl (C=O) groups is 1. The maximum Gasteiger partial charge on any atom is 1.00 e. The molecule has 1 aromatic heterocycles. The van der Waals surface area contributed by atoms with Gasteiger partial charge in [0.2, 0.25) is 0 Å². The van der Waals surface area contributed by atoms with Crippen LogP contribution < -0.4 is 24.0 Å². The van der Waals surface area contributed by atoms with Gasteiger partial charge in [0.05, 0.1) is 12.5 Å². The molecule has 0 atom stereocenters. The van der Waals surface area contributed by atoms with E-state index < -0.39 is 5.97 Å². The summed E-state index contributed by atoms with van der Waals surface area (Å²) < 4.78 is 1.65. The van der Waals surface area contributed by atoms with E-state index in [4.69, 9.17) is 0 Å². The zero-order chi connectivity index (χ0) is 11.5. The largest absolute Gasteiger partial charge is 1.00 e. The average molecular weight is 222 g/mol. The van der Waals surface area contributed by atoms with Gasteiger partial charge in [-0.15, -0.1) is 0 Å². The van der Waals surface area contributed by atoms with Gasteiger partial charge >= 0.3 is 18.9 Å². The number of carboxylic acids is 1. The van der Waals surface area contributed by atoms with Crippen molar-refractivity contribution in [1.29, 1.82) is 0 Å². The summed E-state index contributed by atoms with van der Waals surface area (Å²) in [6.45, 7) is 2.39. The fourth-order valence-corrected chi connectivity index (χ4v) is 1.53. The first-order valence-corrected chi connectivity index (χ1v) is 4.96. The maximum absolute atomic E-state index is 10.6. The van der Waals surface area contributed by atoms with E-state index in [1.165, 1.54) is 6.07 Å². The molecule has 0 saturated carbocycles. The second-order valence-corrected chi connectivity index (χ2v) is 3.60. The molecule has 82 valence electrons. The number of aromatic nitrogens is 2. The second-order valence-electron chi connectivity index (χ2n) is 3.60. The monoisotopic (exact) mass is 222 g/mol. The second kappa shape index (κ2) is 5.72. The van der Waals surface area contributed by atoms with E-state index in [-0.39, 0.29) is 24.6 Å². The normalized spacial score (nSPS) is 9.71. The molecule has 2 rings (SSSR count). The van der Waals surface area contributed by atoms with Crippen molar-refractivity contribution in [1.82, 2.24) is 9.78 Å². The van der Waals surface area contributed by atoms with E-state index in [0.29, 0.717) is 6.54 Å². The number of rotatable bonds is 3. The Labute approximate surface area is 111 Å². The molecule has 0 N–H and O–H groups in total. The molecule has 0 amide bonds. The van der Waals surface area contributed by atoms with Crippen LogP contribution in [0, 0.1) is 6.92 Å². The fourth-order valence-electron chi connectivity index (χ4n) is 1.53. The summed E-state index contributed by atoms with van der Waals surface area (Å²) >= 11 is 0. The number of aromatic carboxylic acids is 1. The number of hydrogen-bond donors (Lipinski definition) is 0. The van der Waals surface area contributed by atoms with Crippen molar-refractivity contribution < 1.29 is 28.8 Å². The summed E-state index contributed by atoms with van der Waals surface area (Å²) in [6.07, 6.45) is 0. The topological polar surface area (TPSA) is 57.9 Å². The molecule has 0 unspecified atom stereocenters. The fraction of sp³-hybridized carbons (Fsp3) is 0.167. The SMILES string of the molecule is Cc1cc(C(=O)[O-])nn1Cc1ccccc1.[Li+]. The minimum Gasteiger partial charge on any atom is -0.543 e. The van der Waals surface area contributed by atoms with Crippen molar-refractivity contribution in [2.24, 2.45) is 0 Å². The number of hydrogen-bond acceptors (Lipinski definition) is 3. The summed E-state index contributed by atoms with van der Waals surface area (Å²) in [5.41, 5.74) is 1.87. The van der Waals surface area contributed by atoms with Gasteiger partial charge in [0, 0.05) is 5.69 Å². The van der Waals surface area contributed by atoms with Crippen molar-refractivity contribution >= 4 is 5.97 Å². The van der Waals surface area contributed by atoms with Crippen LogP contribution in [0.3, 0.4) is 0 Å². The van der Waals surface area contributed by atoms with E-state index in [1.807, 2.05) is 37.3 Å². The zero-order valence-electron chi connectivity index (χ0n) is 9.88. The molecule has 0 fully saturated rings. The molecule has 0 aliphatic rings. The van der Waals surface area contributed by atoms with Gasteiger partial charge in [-0.1, -0.05) is 30.3 Å². The van der Waals surface area contributed by atoms with Gasteiger partial charge in [0.15, 0.2) is 0 Å². The Bertz CT molecular complexity index is 508. The molecule has 4 nitrogen and oxygen atoms in total. The third-order valence-electron chi connectivity index (χ3n) is 2.37. The van der Waals surface area contributed by atoms with Crippen LogP contribution in [0.2, 0.25) is 0 Å². The molecule has 0 aliphatic heterocycles. The number of aryl methyl sites for hydroxylation is 1. The molecule has 5 heteroatoms. The van der Waals surface area contributed by atoms with Crippen molar-refractivity contribution in [2.75, 3.05) is 0 Å². The predicted molar refractivity (Wildman–Crippen MR) is 56.8 cm³/mol. The van der Waals surface area contributed by atoms with Gasteiger partial charge in [-0.2, -0.15) is 5.10 Å². The average Bonchev–Trinajstić information content (AvgIpc) is 2.62. The van der Waals surface area contributed by atoms with Crippen LogP contribution in [-0.2, 0) is 6.54 Å². The van der Waals surface area contributed by atoms with Crippen LogP contribution >= 0.6 is 0 Å². The summed E-state index contributed by atoms with van der Waals surface area (Å²) in [5, 5.41) is 14.6. The van der Waals surface area contributed by atoms with Crippen molar-refractivity contribution in [3.63, 3.8) is 0 Å². The Morgan fingerprint density at radius 3 is 2.53 bits per heavy atom. The Morgan fingerprint density at radius 1 is 1.35 bits per heavy atom. The molecule has 0 spiro atoms. The Hall–Kier alpha value is -1.50. The first kappa shape index (κ1) is 13.6. The van der Waals surface area contributed by atoms with Gasteiger partial charge in [-0.25, -0.2) is 0 Å². The minimum atomic E-state index is -1.24. The molecule has 2 aromatic rings. The van der Waals surface area contributed by atoms with Crippen molar-refractivity contribution in [3.8, 4) is 0 Å². The van der Waals surface area contributed by atoms with Gasteiger partial charge in [0.25, 0.3) is 0 Å². The molecular weight excluding hydrogens is 211 g/mol. The standard InChI is InChI=1S/C12H12N2O2.Li/c1-9-7-11(12(15)16)13-14(9)8-10-5-3-2-4-6-10;/h2-7H,8H2,1H3,(H,15,16);/q;+1/p-1. The Morgan fingerprint density at radius 2 is 2.00 bits per heavy atom. The first-order valence-electron chi connectivity index (χ1n) is 4.96. The van der Waals surface area contributed by atoms with Gasteiger partial charge in [0.1, 0.15) is 5.69 Å². The van der Waals surface area contributed by atoms with Crippen LogP contribution in [0.4, 0.5) is 0 Å². The molecule has 1 aromatic carbocycles. The quantitative estimate of drug-likeness (QED) is 0.544. The Balaban J connectivity index is 0.00000144. The van der Waals surface area contributed by atoms with Crippen molar-refractivity contribution in [3.05, 3.63) is 53.3 Å². The van der Waals surface area contributed by atoms with Crippen LogP contribution in [-0.4, -0.2) is 15.7 Å². The Kier molecular flexibility index (Phi) is 4.56. The van der Waals surface area contributed by atoms with Gasteiger partial charge in [-0.05, 0) is 18.6 Å². The molecule has 0 aliphatic carbocycles. The number of carbonyl (C=O) groups excluding carboxylic acids is 1. The zero-order valence-corrected chi connectivity index (χ0v) is 9.88.